The lowest BCUT2D eigenvalue weighted by Crippen LogP contribution is -2.56. The van der Waals surface area contributed by atoms with Crippen LogP contribution in [0, 0.1) is 6.92 Å². The monoisotopic (exact) mass is 581 g/mol. The molecule has 0 aromatic heterocycles. The molecular formula is C29H47NO7SSi. The summed E-state index contributed by atoms with van der Waals surface area (Å²) in [4.78, 5) is 12.7. The van der Waals surface area contributed by atoms with Gasteiger partial charge in [-0.25, -0.2) is 13.2 Å². The molecule has 2 fully saturated rings. The summed E-state index contributed by atoms with van der Waals surface area (Å²) in [5.74, 6) is -1.37. The maximum absolute atomic E-state index is 14.1. The third-order valence-corrected chi connectivity index (χ3v) is 15.9. The van der Waals surface area contributed by atoms with Crippen molar-refractivity contribution in [2.75, 3.05) is 13.2 Å². The number of ether oxygens (including phenoxy) is 3. The number of hydrogen-bond acceptors (Lipinski definition) is 7. The van der Waals surface area contributed by atoms with Crippen molar-refractivity contribution in [3.8, 4) is 0 Å². The van der Waals surface area contributed by atoms with Gasteiger partial charge in [0.15, 0.2) is 5.79 Å². The highest BCUT2D eigenvalue weighted by Gasteiger charge is 2.59. The zero-order valence-corrected chi connectivity index (χ0v) is 26.9. The Labute approximate surface area is 236 Å². The van der Waals surface area contributed by atoms with E-state index in [1.807, 2.05) is 20.8 Å². The second-order valence-corrected chi connectivity index (χ2v) is 19.3. The number of carbonyl (C=O) groups excluding carboxylic acids is 1. The van der Waals surface area contributed by atoms with Crippen LogP contribution in [0.2, 0.25) is 16.6 Å². The van der Waals surface area contributed by atoms with Crippen LogP contribution in [-0.2, 0) is 33.5 Å². The first kappa shape index (κ1) is 32.0. The van der Waals surface area contributed by atoms with Crippen molar-refractivity contribution in [2.24, 2.45) is 0 Å². The molecule has 0 bridgehead atoms. The molecule has 0 unspecified atom stereocenters. The molecule has 2 heterocycles. The molecule has 220 valence electrons. The van der Waals surface area contributed by atoms with E-state index in [0.717, 1.165) is 5.56 Å². The Bertz CT molecular complexity index is 1110. The fraction of sp³-hybridized carbons (Fsp3) is 0.690. The van der Waals surface area contributed by atoms with E-state index in [4.69, 9.17) is 18.6 Å². The molecule has 1 aromatic rings. The Morgan fingerprint density at radius 2 is 1.64 bits per heavy atom. The minimum absolute atomic E-state index is 0.127. The summed E-state index contributed by atoms with van der Waals surface area (Å²) < 4.78 is 54.6. The highest BCUT2D eigenvalue weighted by atomic mass is 32.2. The van der Waals surface area contributed by atoms with E-state index < -0.39 is 54.5 Å². The van der Waals surface area contributed by atoms with Crippen molar-refractivity contribution in [3.63, 3.8) is 0 Å². The van der Waals surface area contributed by atoms with Gasteiger partial charge in [-0.2, -0.15) is 4.31 Å². The second-order valence-electron chi connectivity index (χ2n) is 12.0. The maximum atomic E-state index is 14.1. The van der Waals surface area contributed by atoms with Crippen LogP contribution in [0.3, 0.4) is 0 Å². The fourth-order valence-electron chi connectivity index (χ4n) is 6.44. The van der Waals surface area contributed by atoms with Crippen LogP contribution in [0.1, 0.15) is 67.9 Å². The van der Waals surface area contributed by atoms with Crippen LogP contribution in [0.25, 0.3) is 0 Å². The van der Waals surface area contributed by atoms with Crippen LogP contribution in [0.5, 0.6) is 0 Å². The number of sulfonamides is 1. The van der Waals surface area contributed by atoms with Crippen LogP contribution in [-0.4, -0.2) is 70.3 Å². The Balaban J connectivity index is 2.18. The van der Waals surface area contributed by atoms with E-state index in [1.165, 1.54) is 10.4 Å². The smallest absolute Gasteiger partial charge is 0.330 e. The Kier molecular flexibility index (Phi) is 9.93. The Morgan fingerprint density at radius 1 is 1.08 bits per heavy atom. The predicted molar refractivity (Wildman–Crippen MR) is 154 cm³/mol. The molecule has 2 aliphatic rings. The molecule has 10 heteroatoms. The quantitative estimate of drug-likeness (QED) is 0.192. The van der Waals surface area contributed by atoms with Gasteiger partial charge in [-0.05, 0) is 62.5 Å². The lowest BCUT2D eigenvalue weighted by molar-refractivity contribution is -0.160. The molecule has 2 saturated heterocycles. The van der Waals surface area contributed by atoms with Gasteiger partial charge in [0.2, 0.25) is 18.3 Å². The van der Waals surface area contributed by atoms with Gasteiger partial charge in [0.25, 0.3) is 0 Å². The largest absolute Gasteiger partial charge is 0.463 e. The highest BCUT2D eigenvalue weighted by molar-refractivity contribution is 7.89. The molecule has 0 radical (unpaired) electrons. The van der Waals surface area contributed by atoms with Gasteiger partial charge in [0.05, 0.1) is 23.6 Å². The summed E-state index contributed by atoms with van der Waals surface area (Å²) in [6, 6.07) is 6.09. The number of fused-ring (bicyclic) bond motifs is 1. The molecular weight excluding hydrogens is 534 g/mol. The van der Waals surface area contributed by atoms with Gasteiger partial charge in [0.1, 0.15) is 12.2 Å². The number of benzene rings is 1. The van der Waals surface area contributed by atoms with E-state index >= 15 is 0 Å². The Hall–Kier alpha value is -1.56. The van der Waals surface area contributed by atoms with Crippen molar-refractivity contribution in [2.45, 2.75) is 121 Å². The average molecular weight is 582 g/mol. The molecule has 8 nitrogen and oxygen atoms in total. The number of hydrogen-bond donors (Lipinski definition) is 0. The normalized spacial score (nSPS) is 24.7. The number of rotatable bonds is 11. The third-order valence-electron chi connectivity index (χ3n) is 7.97. The first-order valence-corrected chi connectivity index (χ1v) is 17.6. The SMILES string of the molecule is CCOC(=O)/C=C/[C@@H](O[Si](C(C)C)(C(C)C)C(C)C)[C@@H]1[C@@H]2OC(C)(C)O[C@@H]2CN1S(=O)(=O)c1ccc(C)cc1. The molecule has 0 aliphatic carbocycles. The van der Waals surface area contributed by atoms with Crippen LogP contribution >= 0.6 is 0 Å². The first-order valence-electron chi connectivity index (χ1n) is 14.0. The summed E-state index contributed by atoms with van der Waals surface area (Å²) in [7, 11) is -6.46. The standard InChI is InChI=1S/C29H47NO7SSi/c1-11-34-26(31)17-16-24(37-39(19(2)3,20(4)5)21(6)7)27-28-25(35-29(9,10)36-28)18-30(27)38(32,33)23-14-12-22(8)13-15-23/h12-17,19-21,24-25,27-28H,11,18H2,1-10H3/b17-16+/t24-,25-,27-,28-/m1/s1. The van der Waals surface area contributed by atoms with Crippen molar-refractivity contribution in [1.82, 2.24) is 4.31 Å². The number of carbonyl (C=O) groups is 1. The molecule has 0 N–H and O–H groups in total. The summed E-state index contributed by atoms with van der Waals surface area (Å²) in [5, 5.41) is 0. The van der Waals surface area contributed by atoms with Crippen LogP contribution in [0.4, 0.5) is 0 Å². The molecule has 1 aromatic carbocycles. The second kappa shape index (κ2) is 12.1. The van der Waals surface area contributed by atoms with E-state index in [1.54, 1.807) is 37.3 Å². The van der Waals surface area contributed by atoms with Gasteiger partial charge in [-0.1, -0.05) is 59.2 Å². The Morgan fingerprint density at radius 3 is 2.15 bits per heavy atom. The van der Waals surface area contributed by atoms with Gasteiger partial charge < -0.3 is 18.6 Å². The van der Waals surface area contributed by atoms with Crippen molar-refractivity contribution < 1.29 is 31.8 Å². The zero-order valence-electron chi connectivity index (χ0n) is 25.1. The minimum Gasteiger partial charge on any atom is -0.463 e. The summed E-state index contributed by atoms with van der Waals surface area (Å²) in [6.45, 7) is 20.8. The molecule has 3 rings (SSSR count). The van der Waals surface area contributed by atoms with Crippen LogP contribution < -0.4 is 0 Å². The van der Waals surface area contributed by atoms with Crippen LogP contribution in [0.15, 0.2) is 41.3 Å². The molecule has 0 spiro atoms. The van der Waals surface area contributed by atoms with Gasteiger partial charge in [0, 0.05) is 12.6 Å². The van der Waals surface area contributed by atoms with Gasteiger partial charge in [-0.3, -0.25) is 0 Å². The lowest BCUT2D eigenvalue weighted by Gasteiger charge is -2.46. The third kappa shape index (κ3) is 6.52. The van der Waals surface area contributed by atoms with E-state index in [9.17, 15) is 13.2 Å². The van der Waals surface area contributed by atoms with Crippen molar-refractivity contribution in [1.29, 1.82) is 0 Å². The topological polar surface area (TPSA) is 91.4 Å². The van der Waals surface area contributed by atoms with Crippen molar-refractivity contribution >= 4 is 24.3 Å². The number of aryl methyl sites for hydroxylation is 1. The molecule has 0 amide bonds. The summed E-state index contributed by atoms with van der Waals surface area (Å²) in [6.07, 6.45) is 1.24. The maximum Gasteiger partial charge on any atom is 0.330 e. The van der Waals surface area contributed by atoms with Gasteiger partial charge >= 0.3 is 5.97 Å². The molecule has 0 saturated carbocycles. The summed E-state index contributed by atoms with van der Waals surface area (Å²) >= 11 is 0. The molecule has 2 aliphatic heterocycles. The minimum atomic E-state index is -3.94. The first-order chi connectivity index (χ1) is 18.1. The van der Waals surface area contributed by atoms with E-state index in [0.29, 0.717) is 0 Å². The summed E-state index contributed by atoms with van der Waals surface area (Å²) in [5.41, 5.74) is 1.70. The van der Waals surface area contributed by atoms with Gasteiger partial charge in [-0.15, -0.1) is 0 Å². The predicted octanol–water partition coefficient (Wildman–Crippen LogP) is 5.57. The molecule has 39 heavy (non-hydrogen) atoms. The number of esters is 1. The number of nitrogens with zero attached hydrogens (tertiary/aromatic N) is 1. The lowest BCUT2D eigenvalue weighted by atomic mass is 10.0. The molecule has 4 atom stereocenters. The van der Waals surface area contributed by atoms with E-state index in [-0.39, 0.29) is 34.7 Å². The highest BCUT2D eigenvalue weighted by Crippen LogP contribution is 2.46. The fourth-order valence-corrected chi connectivity index (χ4v) is 13.6. The van der Waals surface area contributed by atoms with E-state index in [2.05, 4.69) is 41.5 Å². The zero-order chi connectivity index (χ0) is 29.3. The van der Waals surface area contributed by atoms with Crippen molar-refractivity contribution in [3.05, 3.63) is 42.0 Å². The average Bonchev–Trinajstić information content (AvgIpc) is 3.31.